The highest BCUT2D eigenvalue weighted by Gasteiger charge is 2.46. The summed E-state index contributed by atoms with van der Waals surface area (Å²) < 4.78 is 5.36. The number of nitrogens with two attached hydrogens (primary N) is 1. The first-order valence-electron chi connectivity index (χ1n) is 5.92. The Morgan fingerprint density at radius 2 is 2.18 bits per heavy atom. The number of hydrogen-bond acceptors (Lipinski definition) is 3. The van der Waals surface area contributed by atoms with Gasteiger partial charge in [-0.2, -0.15) is 0 Å². The molecule has 1 aromatic rings. The predicted molar refractivity (Wildman–Crippen MR) is 66.6 cm³/mol. The first-order chi connectivity index (χ1) is 8.15. The summed E-state index contributed by atoms with van der Waals surface area (Å²) in [5.41, 5.74) is 6.98. The van der Waals surface area contributed by atoms with Gasteiger partial charge in [0.25, 0.3) is 0 Å². The third kappa shape index (κ3) is 2.84. The minimum absolute atomic E-state index is 0.0959. The van der Waals surface area contributed by atoms with Crippen molar-refractivity contribution in [3.05, 3.63) is 29.8 Å². The zero-order chi connectivity index (χ0) is 12.3. The van der Waals surface area contributed by atoms with Crippen LogP contribution in [0.25, 0.3) is 0 Å². The maximum absolute atomic E-state index is 11.8. The van der Waals surface area contributed by atoms with Crippen molar-refractivity contribution in [3.63, 3.8) is 0 Å². The van der Waals surface area contributed by atoms with Crippen LogP contribution in [0.5, 0.6) is 0 Å². The van der Waals surface area contributed by atoms with Crippen LogP contribution >= 0.6 is 0 Å². The van der Waals surface area contributed by atoms with E-state index in [1.165, 1.54) is 0 Å². The second-order valence-electron chi connectivity index (χ2n) is 4.40. The number of hydrogen-bond donors (Lipinski definition) is 2. The lowest BCUT2D eigenvalue weighted by Crippen LogP contribution is -2.38. The smallest absolute Gasteiger partial charge is 0.244 e. The molecule has 4 heteroatoms. The molecular weight excluding hydrogens is 216 g/mol. The summed E-state index contributed by atoms with van der Waals surface area (Å²) in [6.07, 6.45) is 1.54. The van der Waals surface area contributed by atoms with E-state index in [1.54, 1.807) is 0 Å². The van der Waals surface area contributed by atoms with Gasteiger partial charge in [-0.25, -0.2) is 0 Å². The molecule has 0 unspecified atom stereocenters. The van der Waals surface area contributed by atoms with Gasteiger partial charge in [0.05, 0.1) is 12.1 Å². The molecule has 4 nitrogen and oxygen atoms in total. The SMILES string of the molecule is CCOCc1ccccc1NC(=O)C1(N)CC1. The molecule has 1 fully saturated rings. The van der Waals surface area contributed by atoms with Gasteiger partial charge in [0.15, 0.2) is 0 Å². The Labute approximate surface area is 101 Å². The molecule has 3 N–H and O–H groups in total. The molecule has 1 amide bonds. The van der Waals surface area contributed by atoms with Crippen LogP contribution in [0.3, 0.4) is 0 Å². The third-order valence-electron chi connectivity index (χ3n) is 2.97. The normalized spacial score (nSPS) is 16.6. The Kier molecular flexibility index (Phi) is 3.45. The van der Waals surface area contributed by atoms with Crippen molar-refractivity contribution >= 4 is 11.6 Å². The molecule has 17 heavy (non-hydrogen) atoms. The van der Waals surface area contributed by atoms with Crippen molar-refractivity contribution in [2.45, 2.75) is 31.9 Å². The van der Waals surface area contributed by atoms with Gasteiger partial charge in [-0.05, 0) is 25.8 Å². The number of carbonyl (C=O) groups is 1. The molecule has 1 saturated carbocycles. The molecule has 0 spiro atoms. The van der Waals surface area contributed by atoms with E-state index in [2.05, 4.69) is 5.32 Å². The number of benzene rings is 1. The number of amides is 1. The van der Waals surface area contributed by atoms with Crippen molar-refractivity contribution in [3.8, 4) is 0 Å². The molecule has 0 aromatic heterocycles. The van der Waals surface area contributed by atoms with Gasteiger partial charge in [-0.15, -0.1) is 0 Å². The first-order valence-corrected chi connectivity index (χ1v) is 5.92. The van der Waals surface area contributed by atoms with E-state index in [9.17, 15) is 4.79 Å². The van der Waals surface area contributed by atoms with Crippen LogP contribution in [0.4, 0.5) is 5.69 Å². The standard InChI is InChI=1S/C13H18N2O2/c1-2-17-9-10-5-3-4-6-11(10)15-12(16)13(14)7-8-13/h3-6H,2,7-9,14H2,1H3,(H,15,16). The first kappa shape index (κ1) is 12.1. The molecule has 2 rings (SSSR count). The number of rotatable bonds is 5. The summed E-state index contributed by atoms with van der Waals surface area (Å²) >= 11 is 0. The van der Waals surface area contributed by atoms with E-state index >= 15 is 0 Å². The Balaban J connectivity index is 2.06. The van der Waals surface area contributed by atoms with E-state index in [4.69, 9.17) is 10.5 Å². The highest BCUT2D eigenvalue weighted by atomic mass is 16.5. The average Bonchev–Trinajstić information content (AvgIpc) is 3.08. The Hall–Kier alpha value is -1.39. The van der Waals surface area contributed by atoms with E-state index in [0.717, 1.165) is 24.1 Å². The molecule has 0 atom stereocenters. The Bertz CT molecular complexity index is 414. The molecule has 0 bridgehead atoms. The summed E-state index contributed by atoms with van der Waals surface area (Å²) in [7, 11) is 0. The summed E-state index contributed by atoms with van der Waals surface area (Å²) in [4.78, 5) is 11.8. The maximum atomic E-state index is 11.8. The Morgan fingerprint density at radius 3 is 2.82 bits per heavy atom. The highest BCUT2D eigenvalue weighted by Crippen LogP contribution is 2.33. The molecule has 0 aliphatic heterocycles. The molecule has 1 aromatic carbocycles. The van der Waals surface area contributed by atoms with E-state index < -0.39 is 5.54 Å². The van der Waals surface area contributed by atoms with Crippen LogP contribution in [-0.2, 0) is 16.1 Å². The second kappa shape index (κ2) is 4.85. The predicted octanol–water partition coefficient (Wildman–Crippen LogP) is 1.65. The van der Waals surface area contributed by atoms with Gasteiger partial charge >= 0.3 is 0 Å². The lowest BCUT2D eigenvalue weighted by atomic mass is 10.1. The molecule has 0 heterocycles. The summed E-state index contributed by atoms with van der Waals surface area (Å²) in [6, 6.07) is 7.64. The van der Waals surface area contributed by atoms with Gasteiger partial charge in [0.2, 0.25) is 5.91 Å². The zero-order valence-corrected chi connectivity index (χ0v) is 10.0. The van der Waals surface area contributed by atoms with Crippen molar-refractivity contribution < 1.29 is 9.53 Å². The highest BCUT2D eigenvalue weighted by molar-refractivity contribution is 6.00. The fraction of sp³-hybridized carbons (Fsp3) is 0.462. The minimum atomic E-state index is -0.640. The monoisotopic (exact) mass is 234 g/mol. The van der Waals surface area contributed by atoms with Crippen molar-refractivity contribution in [2.75, 3.05) is 11.9 Å². The van der Waals surface area contributed by atoms with Crippen LogP contribution in [0.2, 0.25) is 0 Å². The van der Waals surface area contributed by atoms with Crippen LogP contribution in [0.1, 0.15) is 25.3 Å². The number of para-hydroxylation sites is 1. The van der Waals surface area contributed by atoms with E-state index in [1.807, 2.05) is 31.2 Å². The topological polar surface area (TPSA) is 64.3 Å². The van der Waals surface area contributed by atoms with Crippen molar-refractivity contribution in [1.82, 2.24) is 0 Å². The fourth-order valence-corrected chi connectivity index (χ4v) is 1.59. The number of anilines is 1. The fourth-order valence-electron chi connectivity index (χ4n) is 1.59. The molecular formula is C13H18N2O2. The van der Waals surface area contributed by atoms with Gasteiger partial charge < -0.3 is 15.8 Å². The zero-order valence-electron chi connectivity index (χ0n) is 10.0. The summed E-state index contributed by atoms with van der Waals surface area (Å²) in [5, 5.41) is 2.88. The van der Waals surface area contributed by atoms with Crippen LogP contribution in [-0.4, -0.2) is 18.1 Å². The van der Waals surface area contributed by atoms with E-state index in [0.29, 0.717) is 13.2 Å². The van der Waals surface area contributed by atoms with Crippen LogP contribution in [0.15, 0.2) is 24.3 Å². The van der Waals surface area contributed by atoms with Crippen molar-refractivity contribution in [1.29, 1.82) is 0 Å². The number of nitrogens with one attached hydrogen (secondary N) is 1. The lowest BCUT2D eigenvalue weighted by molar-refractivity contribution is -0.118. The number of ether oxygens (including phenoxy) is 1. The van der Waals surface area contributed by atoms with Crippen LogP contribution in [0, 0.1) is 0 Å². The van der Waals surface area contributed by atoms with Gasteiger partial charge in [-0.1, -0.05) is 18.2 Å². The molecule has 0 radical (unpaired) electrons. The molecule has 1 aliphatic carbocycles. The average molecular weight is 234 g/mol. The van der Waals surface area contributed by atoms with E-state index in [-0.39, 0.29) is 5.91 Å². The molecule has 92 valence electrons. The van der Waals surface area contributed by atoms with Gasteiger partial charge in [0.1, 0.15) is 0 Å². The number of carbonyl (C=O) groups excluding carboxylic acids is 1. The molecule has 0 saturated heterocycles. The summed E-state index contributed by atoms with van der Waals surface area (Å²) in [5.74, 6) is -0.0959. The van der Waals surface area contributed by atoms with Gasteiger partial charge in [0, 0.05) is 17.9 Å². The lowest BCUT2D eigenvalue weighted by Gasteiger charge is -2.13. The minimum Gasteiger partial charge on any atom is -0.377 e. The third-order valence-corrected chi connectivity index (χ3v) is 2.97. The largest absolute Gasteiger partial charge is 0.377 e. The Morgan fingerprint density at radius 1 is 1.47 bits per heavy atom. The van der Waals surface area contributed by atoms with Crippen LogP contribution < -0.4 is 11.1 Å². The summed E-state index contributed by atoms with van der Waals surface area (Å²) in [6.45, 7) is 3.11. The maximum Gasteiger partial charge on any atom is 0.244 e. The van der Waals surface area contributed by atoms with Gasteiger partial charge in [-0.3, -0.25) is 4.79 Å². The second-order valence-corrected chi connectivity index (χ2v) is 4.40. The molecule has 1 aliphatic rings. The van der Waals surface area contributed by atoms with Crippen molar-refractivity contribution in [2.24, 2.45) is 5.73 Å². The quantitative estimate of drug-likeness (QED) is 0.814.